The van der Waals surface area contributed by atoms with E-state index in [1.807, 2.05) is 18.2 Å². The van der Waals surface area contributed by atoms with Gasteiger partial charge in [-0.2, -0.15) is 13.5 Å². The molecule has 2 aliphatic rings. The summed E-state index contributed by atoms with van der Waals surface area (Å²) in [6.07, 6.45) is 5.22. The number of hydrogen-bond donors (Lipinski definition) is 1. The highest BCUT2D eigenvalue weighted by molar-refractivity contribution is 7.90. The van der Waals surface area contributed by atoms with E-state index in [2.05, 4.69) is 22.3 Å². The fraction of sp³-hybridized carbons (Fsp3) is 0.435. The fourth-order valence-electron chi connectivity index (χ4n) is 4.23. The Labute approximate surface area is 186 Å². The van der Waals surface area contributed by atoms with E-state index in [1.54, 1.807) is 24.3 Å². The lowest BCUT2D eigenvalue weighted by Gasteiger charge is -2.27. The molecule has 1 heterocycles. The van der Waals surface area contributed by atoms with Gasteiger partial charge in [0.05, 0.1) is 16.4 Å². The highest BCUT2D eigenvalue weighted by Crippen LogP contribution is 2.49. The normalized spacial score (nSPS) is 19.0. The Bertz CT molecular complexity index is 965. The third-order valence-electron chi connectivity index (χ3n) is 6.17. The summed E-state index contributed by atoms with van der Waals surface area (Å²) in [5.74, 6) is 0.0395. The third-order valence-corrected chi connectivity index (χ3v) is 7.29. The van der Waals surface area contributed by atoms with Crippen LogP contribution in [0.15, 0.2) is 59.5 Å². The summed E-state index contributed by atoms with van der Waals surface area (Å²) < 4.78 is 23.5. The van der Waals surface area contributed by atoms with Crippen molar-refractivity contribution in [1.82, 2.24) is 10.2 Å². The predicted octanol–water partition coefficient (Wildman–Crippen LogP) is 3.19. The van der Waals surface area contributed by atoms with Crippen molar-refractivity contribution in [3.05, 3.63) is 65.7 Å². The highest BCUT2D eigenvalue weighted by atomic mass is 32.2. The Hall–Kier alpha value is -1.83. The zero-order valence-corrected chi connectivity index (χ0v) is 19.1. The van der Waals surface area contributed by atoms with Gasteiger partial charge >= 0.3 is 0 Å². The van der Waals surface area contributed by atoms with E-state index < -0.39 is 15.3 Å². The van der Waals surface area contributed by atoms with Gasteiger partial charge < -0.3 is 10.2 Å². The van der Waals surface area contributed by atoms with Gasteiger partial charge in [0, 0.05) is 12.8 Å². The van der Waals surface area contributed by atoms with Gasteiger partial charge in [0.1, 0.15) is 0 Å². The fourth-order valence-corrected chi connectivity index (χ4v) is 4.86. The van der Waals surface area contributed by atoms with Crippen LogP contribution >= 0.6 is 13.5 Å². The largest absolute Gasteiger partial charge is 0.347 e. The molecule has 7 heteroatoms. The number of carbonyl (C=O) groups is 1. The monoisotopic (exact) mass is 446 g/mol. The number of likely N-dealkylation sites (tertiary alicyclic amines) is 1. The smallest absolute Gasteiger partial charge is 0.231 e. The number of carbonyl (C=O) groups excluding carboxylic acids is 1. The van der Waals surface area contributed by atoms with Crippen LogP contribution < -0.4 is 5.32 Å². The molecule has 1 amide bonds. The third kappa shape index (κ3) is 4.90. The molecule has 162 valence electrons. The second-order valence-electron chi connectivity index (χ2n) is 8.32. The minimum Gasteiger partial charge on any atom is -0.347 e. The molecule has 2 aromatic rings. The van der Waals surface area contributed by atoms with Crippen LogP contribution in [0.25, 0.3) is 0 Å². The van der Waals surface area contributed by atoms with Gasteiger partial charge in [0.15, 0.2) is 9.84 Å². The van der Waals surface area contributed by atoms with E-state index in [0.717, 1.165) is 43.6 Å². The Balaban J connectivity index is 0.00000256. The van der Waals surface area contributed by atoms with Crippen molar-refractivity contribution in [2.45, 2.75) is 42.0 Å². The number of hydrogen-bond acceptors (Lipinski definition) is 4. The number of sulfone groups is 1. The first kappa shape index (κ1) is 22.8. The van der Waals surface area contributed by atoms with Gasteiger partial charge in [-0.15, -0.1) is 0 Å². The minimum absolute atomic E-state index is 0. The molecule has 1 aliphatic carbocycles. The summed E-state index contributed by atoms with van der Waals surface area (Å²) in [4.78, 5) is 16.0. The lowest BCUT2D eigenvalue weighted by atomic mass is 9.94. The molecule has 1 atom stereocenters. The summed E-state index contributed by atoms with van der Waals surface area (Å²) in [7, 11) is -3.24. The summed E-state index contributed by atoms with van der Waals surface area (Å²) >= 11 is 0. The second-order valence-corrected chi connectivity index (χ2v) is 10.3. The maximum atomic E-state index is 13.3. The highest BCUT2D eigenvalue weighted by Gasteiger charge is 2.51. The van der Waals surface area contributed by atoms with Gasteiger partial charge in [0.2, 0.25) is 5.91 Å². The zero-order valence-electron chi connectivity index (χ0n) is 17.3. The molecule has 1 N–H and O–H groups in total. The minimum atomic E-state index is -3.24. The van der Waals surface area contributed by atoms with Crippen LogP contribution in [0.2, 0.25) is 0 Å². The first-order valence-corrected chi connectivity index (χ1v) is 12.2. The van der Waals surface area contributed by atoms with E-state index >= 15 is 0 Å². The van der Waals surface area contributed by atoms with E-state index in [9.17, 15) is 13.2 Å². The topological polar surface area (TPSA) is 66.5 Å². The number of rotatable bonds is 7. The van der Waals surface area contributed by atoms with Gasteiger partial charge in [-0.3, -0.25) is 4.79 Å². The second kappa shape index (κ2) is 9.12. The average Bonchev–Trinajstić information content (AvgIpc) is 3.38. The molecule has 5 nitrogen and oxygen atoms in total. The molecule has 0 spiro atoms. The molecule has 0 aromatic heterocycles. The summed E-state index contributed by atoms with van der Waals surface area (Å²) in [6.45, 7) is 2.98. The van der Waals surface area contributed by atoms with Crippen LogP contribution in [-0.4, -0.2) is 45.1 Å². The molecule has 1 saturated carbocycles. The Kier molecular flexibility index (Phi) is 6.95. The number of amides is 1. The van der Waals surface area contributed by atoms with E-state index in [4.69, 9.17) is 0 Å². The number of nitrogens with zero attached hydrogens (tertiary/aromatic N) is 1. The van der Waals surface area contributed by atoms with Gasteiger partial charge in [0.25, 0.3) is 0 Å². The standard InChI is InChI=1S/C23H28N2O3S.H2S/c1-29(27,28)20-11-9-19(10-12-20)23(13-14-23)22(26)24-21(17-25-15-5-6-16-25)18-7-3-2-4-8-18;/h2-4,7-12,21H,5-6,13-17H2,1H3,(H,24,26);1H2/t21-;/m1./s1. The molecule has 2 fully saturated rings. The van der Waals surface area contributed by atoms with Crippen molar-refractivity contribution < 1.29 is 13.2 Å². The maximum absolute atomic E-state index is 13.3. The van der Waals surface area contributed by atoms with Crippen LogP contribution in [0.1, 0.15) is 42.9 Å². The van der Waals surface area contributed by atoms with Crippen molar-refractivity contribution in [3.8, 4) is 0 Å². The van der Waals surface area contributed by atoms with Crippen LogP contribution in [-0.2, 0) is 20.0 Å². The lowest BCUT2D eigenvalue weighted by Crippen LogP contribution is -2.41. The van der Waals surface area contributed by atoms with Crippen molar-refractivity contribution in [1.29, 1.82) is 0 Å². The molecule has 4 rings (SSSR count). The first-order valence-electron chi connectivity index (χ1n) is 10.3. The van der Waals surface area contributed by atoms with E-state index in [1.165, 1.54) is 19.1 Å². The van der Waals surface area contributed by atoms with Crippen molar-refractivity contribution in [3.63, 3.8) is 0 Å². The van der Waals surface area contributed by atoms with Crippen molar-refractivity contribution in [2.75, 3.05) is 25.9 Å². The average molecular weight is 447 g/mol. The molecule has 2 aromatic carbocycles. The SMILES string of the molecule is CS(=O)(=O)c1ccc(C2(C(=O)N[C@H](CN3CCCC3)c3ccccc3)CC2)cc1.S. The van der Waals surface area contributed by atoms with Crippen molar-refractivity contribution in [2.24, 2.45) is 0 Å². The molecular formula is C23H30N2O3S2. The summed E-state index contributed by atoms with van der Waals surface area (Å²) in [5.41, 5.74) is 1.49. The maximum Gasteiger partial charge on any atom is 0.231 e. The molecule has 0 radical (unpaired) electrons. The first-order chi connectivity index (χ1) is 13.9. The summed E-state index contributed by atoms with van der Waals surface area (Å²) in [6, 6.07) is 16.9. The molecule has 30 heavy (non-hydrogen) atoms. The quantitative estimate of drug-likeness (QED) is 0.709. The number of benzene rings is 2. The molecular weight excluding hydrogens is 416 g/mol. The Morgan fingerprint density at radius 3 is 2.17 bits per heavy atom. The molecule has 0 bridgehead atoms. The number of nitrogens with one attached hydrogen (secondary N) is 1. The van der Waals surface area contributed by atoms with Gasteiger partial charge in [-0.25, -0.2) is 8.42 Å². The molecule has 0 unspecified atom stereocenters. The van der Waals surface area contributed by atoms with E-state index in [0.29, 0.717) is 0 Å². The lowest BCUT2D eigenvalue weighted by molar-refractivity contribution is -0.124. The van der Waals surface area contributed by atoms with Gasteiger partial charge in [-0.05, 0) is 62.0 Å². The molecule has 1 saturated heterocycles. The predicted molar refractivity (Wildman–Crippen MR) is 124 cm³/mol. The Morgan fingerprint density at radius 1 is 1.03 bits per heavy atom. The van der Waals surface area contributed by atoms with Crippen molar-refractivity contribution >= 4 is 29.2 Å². The molecule has 1 aliphatic heterocycles. The summed E-state index contributed by atoms with van der Waals surface area (Å²) in [5, 5.41) is 3.31. The van der Waals surface area contributed by atoms with Crippen LogP contribution in [0.5, 0.6) is 0 Å². The van der Waals surface area contributed by atoms with Crippen LogP contribution in [0, 0.1) is 0 Å². The Morgan fingerprint density at radius 2 is 1.63 bits per heavy atom. The van der Waals surface area contributed by atoms with Crippen LogP contribution in [0.3, 0.4) is 0 Å². The zero-order chi connectivity index (χ0) is 20.5. The van der Waals surface area contributed by atoms with Crippen LogP contribution in [0.4, 0.5) is 0 Å². The van der Waals surface area contributed by atoms with E-state index in [-0.39, 0.29) is 30.3 Å². The van der Waals surface area contributed by atoms with Gasteiger partial charge in [-0.1, -0.05) is 42.5 Å².